The number of nitrogens with zero attached hydrogens (tertiary/aromatic N) is 3. The molecule has 1 saturated heterocycles. The largest absolute Gasteiger partial charge is 0.381 e. The summed E-state index contributed by atoms with van der Waals surface area (Å²) in [6, 6.07) is 11.8. The number of ether oxygens (including phenoxy) is 1. The summed E-state index contributed by atoms with van der Waals surface area (Å²) in [4.78, 5) is 14.0. The van der Waals surface area contributed by atoms with E-state index in [1.807, 2.05) is 48.0 Å². The maximum Gasteiger partial charge on any atom is 0.281 e. The van der Waals surface area contributed by atoms with Gasteiger partial charge < -0.3 is 4.74 Å². The fourth-order valence-electron chi connectivity index (χ4n) is 2.83. The SMILES string of the molecule is Cc1nn(-c2ccccc2)c2sc(C(=O)N/N=C/C3CCOC3)cc12. The van der Waals surface area contributed by atoms with Gasteiger partial charge in [0.05, 0.1) is 22.9 Å². The van der Waals surface area contributed by atoms with Gasteiger partial charge >= 0.3 is 0 Å². The van der Waals surface area contributed by atoms with Crippen molar-refractivity contribution in [2.75, 3.05) is 13.2 Å². The fourth-order valence-corrected chi connectivity index (χ4v) is 3.90. The summed E-state index contributed by atoms with van der Waals surface area (Å²) in [6.45, 7) is 3.39. The van der Waals surface area contributed by atoms with Gasteiger partial charge in [-0.15, -0.1) is 11.3 Å². The molecule has 0 spiro atoms. The van der Waals surface area contributed by atoms with Crippen LogP contribution in [-0.2, 0) is 4.74 Å². The van der Waals surface area contributed by atoms with E-state index in [0.29, 0.717) is 11.5 Å². The molecule has 7 heteroatoms. The number of rotatable bonds is 4. The first-order chi connectivity index (χ1) is 12.2. The number of thiophene rings is 1. The van der Waals surface area contributed by atoms with Gasteiger partial charge in [-0.2, -0.15) is 10.2 Å². The maximum absolute atomic E-state index is 12.4. The molecular weight excluding hydrogens is 336 g/mol. The van der Waals surface area contributed by atoms with Gasteiger partial charge in [-0.1, -0.05) is 18.2 Å². The first-order valence-electron chi connectivity index (χ1n) is 8.18. The van der Waals surface area contributed by atoms with Crippen molar-refractivity contribution < 1.29 is 9.53 Å². The van der Waals surface area contributed by atoms with Crippen LogP contribution < -0.4 is 5.43 Å². The van der Waals surface area contributed by atoms with Crippen molar-refractivity contribution in [2.24, 2.45) is 11.0 Å². The topological polar surface area (TPSA) is 68.5 Å². The Bertz CT molecular complexity index is 923. The maximum atomic E-state index is 12.4. The summed E-state index contributed by atoms with van der Waals surface area (Å²) >= 11 is 1.42. The van der Waals surface area contributed by atoms with Crippen molar-refractivity contribution in [1.82, 2.24) is 15.2 Å². The highest BCUT2D eigenvalue weighted by molar-refractivity contribution is 7.20. The molecule has 1 unspecified atom stereocenters. The van der Waals surface area contributed by atoms with Crippen LogP contribution in [0.2, 0.25) is 0 Å². The van der Waals surface area contributed by atoms with Crippen LogP contribution in [0.3, 0.4) is 0 Å². The molecule has 1 N–H and O–H groups in total. The summed E-state index contributed by atoms with van der Waals surface area (Å²) in [5.41, 5.74) is 4.49. The molecule has 128 valence electrons. The van der Waals surface area contributed by atoms with Crippen molar-refractivity contribution in [3.8, 4) is 5.69 Å². The molecule has 1 aliphatic heterocycles. The number of amides is 1. The molecule has 0 saturated carbocycles. The molecule has 0 radical (unpaired) electrons. The third-order valence-corrected chi connectivity index (χ3v) is 5.29. The molecule has 1 aliphatic rings. The molecule has 1 amide bonds. The lowest BCUT2D eigenvalue weighted by Gasteiger charge is -2.01. The molecule has 0 bridgehead atoms. The van der Waals surface area contributed by atoms with Crippen LogP contribution in [0, 0.1) is 12.8 Å². The Kier molecular flexibility index (Phi) is 4.33. The third kappa shape index (κ3) is 3.20. The van der Waals surface area contributed by atoms with Crippen LogP contribution in [0.5, 0.6) is 0 Å². The molecule has 3 heterocycles. The van der Waals surface area contributed by atoms with E-state index in [2.05, 4.69) is 15.6 Å². The number of hydrogen-bond acceptors (Lipinski definition) is 5. The minimum absolute atomic E-state index is 0.199. The van der Waals surface area contributed by atoms with Crippen molar-refractivity contribution in [3.63, 3.8) is 0 Å². The second-order valence-corrected chi connectivity index (χ2v) is 7.04. The summed E-state index contributed by atoms with van der Waals surface area (Å²) in [5, 5.41) is 9.65. The molecule has 1 atom stereocenters. The van der Waals surface area contributed by atoms with Gasteiger partial charge in [0.1, 0.15) is 4.83 Å². The molecule has 0 aliphatic carbocycles. The number of aryl methyl sites for hydroxylation is 1. The number of carbonyl (C=O) groups is 1. The van der Waals surface area contributed by atoms with E-state index >= 15 is 0 Å². The molecule has 3 aromatic rings. The predicted molar refractivity (Wildman–Crippen MR) is 98.6 cm³/mol. The zero-order valence-corrected chi connectivity index (χ0v) is 14.6. The highest BCUT2D eigenvalue weighted by atomic mass is 32.1. The number of carbonyl (C=O) groups excluding carboxylic acids is 1. The Balaban J connectivity index is 1.57. The molecule has 6 nitrogen and oxygen atoms in total. The van der Waals surface area contributed by atoms with Gasteiger partial charge in [0.2, 0.25) is 0 Å². The van der Waals surface area contributed by atoms with E-state index < -0.39 is 0 Å². The van der Waals surface area contributed by atoms with Crippen LogP contribution in [0.15, 0.2) is 41.5 Å². The van der Waals surface area contributed by atoms with E-state index in [9.17, 15) is 4.79 Å². The van der Waals surface area contributed by atoms with E-state index in [4.69, 9.17) is 4.74 Å². The zero-order valence-electron chi connectivity index (χ0n) is 13.8. The molecule has 1 fully saturated rings. The number of nitrogens with one attached hydrogen (secondary N) is 1. The van der Waals surface area contributed by atoms with Gasteiger partial charge in [-0.25, -0.2) is 10.1 Å². The number of hydrazone groups is 1. The van der Waals surface area contributed by atoms with Gasteiger partial charge in [0, 0.05) is 24.1 Å². The van der Waals surface area contributed by atoms with Gasteiger partial charge in [0.25, 0.3) is 5.91 Å². The van der Waals surface area contributed by atoms with E-state index in [-0.39, 0.29) is 11.8 Å². The molecule has 1 aromatic carbocycles. The van der Waals surface area contributed by atoms with E-state index in [1.165, 1.54) is 11.3 Å². The van der Waals surface area contributed by atoms with Crippen LogP contribution >= 0.6 is 11.3 Å². The van der Waals surface area contributed by atoms with Crippen molar-refractivity contribution >= 4 is 33.7 Å². The van der Waals surface area contributed by atoms with Gasteiger partial charge in [-0.05, 0) is 31.5 Å². The average molecular weight is 354 g/mol. The number of hydrogen-bond donors (Lipinski definition) is 1. The lowest BCUT2D eigenvalue weighted by atomic mass is 10.1. The Morgan fingerprint density at radius 3 is 3.04 bits per heavy atom. The normalized spacial score (nSPS) is 17.6. The molecular formula is C18H18N4O2S. The lowest BCUT2D eigenvalue weighted by Crippen LogP contribution is -2.17. The average Bonchev–Trinajstić information content (AvgIpc) is 3.34. The number of fused-ring (bicyclic) bond motifs is 1. The van der Waals surface area contributed by atoms with E-state index in [1.54, 1.807) is 6.21 Å². The van der Waals surface area contributed by atoms with Crippen LogP contribution in [0.4, 0.5) is 0 Å². The zero-order chi connectivity index (χ0) is 17.2. The van der Waals surface area contributed by atoms with Crippen molar-refractivity contribution in [2.45, 2.75) is 13.3 Å². The minimum atomic E-state index is -0.199. The number of aromatic nitrogens is 2. The number of para-hydroxylation sites is 1. The van der Waals surface area contributed by atoms with Crippen LogP contribution in [-0.4, -0.2) is 35.1 Å². The Morgan fingerprint density at radius 1 is 1.44 bits per heavy atom. The highest BCUT2D eigenvalue weighted by Gasteiger charge is 2.17. The van der Waals surface area contributed by atoms with Crippen molar-refractivity contribution in [3.05, 3.63) is 47.0 Å². The molecule has 25 heavy (non-hydrogen) atoms. The minimum Gasteiger partial charge on any atom is -0.381 e. The predicted octanol–water partition coefficient (Wildman–Crippen LogP) is 3.15. The van der Waals surface area contributed by atoms with Crippen LogP contribution in [0.25, 0.3) is 15.9 Å². The summed E-state index contributed by atoms with van der Waals surface area (Å²) < 4.78 is 7.17. The van der Waals surface area contributed by atoms with Crippen molar-refractivity contribution in [1.29, 1.82) is 0 Å². The number of benzene rings is 1. The molecule has 4 rings (SSSR count). The summed E-state index contributed by atoms with van der Waals surface area (Å²) in [7, 11) is 0. The Labute approximate surface area is 149 Å². The summed E-state index contributed by atoms with van der Waals surface area (Å²) in [5.74, 6) is 0.0898. The first kappa shape index (κ1) is 16.0. The van der Waals surface area contributed by atoms with Crippen LogP contribution in [0.1, 0.15) is 21.8 Å². The van der Waals surface area contributed by atoms with Gasteiger partial charge in [0.15, 0.2) is 0 Å². The monoisotopic (exact) mass is 354 g/mol. The smallest absolute Gasteiger partial charge is 0.281 e. The van der Waals surface area contributed by atoms with Gasteiger partial charge in [-0.3, -0.25) is 4.79 Å². The fraction of sp³-hybridized carbons (Fsp3) is 0.278. The van der Waals surface area contributed by atoms with E-state index in [0.717, 1.165) is 34.6 Å². The standard InChI is InChI=1S/C18H18N4O2S/c1-12-15-9-16(17(23)20-19-10-13-7-8-24-11-13)25-18(15)22(21-12)14-5-3-2-4-6-14/h2-6,9-10,13H,7-8,11H2,1H3,(H,20,23)/b19-10+. The Morgan fingerprint density at radius 2 is 2.28 bits per heavy atom. The first-order valence-corrected chi connectivity index (χ1v) is 9.00. The third-order valence-electron chi connectivity index (χ3n) is 4.19. The summed E-state index contributed by atoms with van der Waals surface area (Å²) in [6.07, 6.45) is 2.71. The second kappa shape index (κ2) is 6.78. The quantitative estimate of drug-likeness (QED) is 0.578. The highest BCUT2D eigenvalue weighted by Crippen LogP contribution is 2.30. The lowest BCUT2D eigenvalue weighted by molar-refractivity contribution is 0.0959. The Hall–Kier alpha value is -2.51. The molecule has 2 aromatic heterocycles. The second-order valence-electron chi connectivity index (χ2n) is 6.01.